The highest BCUT2D eigenvalue weighted by Crippen LogP contribution is 2.31. The van der Waals surface area contributed by atoms with Gasteiger partial charge in [0.25, 0.3) is 5.91 Å². The van der Waals surface area contributed by atoms with E-state index in [4.69, 9.17) is 11.6 Å². The van der Waals surface area contributed by atoms with Gasteiger partial charge in [0.15, 0.2) is 0 Å². The molecule has 1 aromatic carbocycles. The van der Waals surface area contributed by atoms with Crippen LogP contribution in [0.1, 0.15) is 28.5 Å². The highest BCUT2D eigenvalue weighted by molar-refractivity contribution is 6.31. The van der Waals surface area contributed by atoms with Crippen molar-refractivity contribution in [2.75, 3.05) is 11.9 Å². The number of nitrogens with zero attached hydrogens (tertiary/aromatic N) is 1. The number of aromatic nitrogens is 1. The number of carbonyl (C=O) groups excluding carboxylic acids is 2. The number of benzene rings is 1. The summed E-state index contributed by atoms with van der Waals surface area (Å²) in [6.45, 7) is 1.44. The van der Waals surface area contributed by atoms with E-state index >= 15 is 0 Å². The number of amides is 2. The minimum Gasteiger partial charge on any atom is -0.352 e. The monoisotopic (exact) mass is 385 g/mol. The highest BCUT2D eigenvalue weighted by Gasteiger charge is 2.31. The van der Waals surface area contributed by atoms with E-state index in [-0.39, 0.29) is 35.2 Å². The molecule has 0 bridgehead atoms. The number of halogens is 4. The van der Waals surface area contributed by atoms with Gasteiger partial charge in [-0.15, -0.1) is 0 Å². The lowest BCUT2D eigenvalue weighted by Gasteiger charge is -2.11. The molecule has 2 N–H and O–H groups in total. The maximum Gasteiger partial charge on any atom is 0.417 e. The number of pyridine rings is 1. The number of rotatable bonds is 5. The Bertz CT molecular complexity index is 825. The summed E-state index contributed by atoms with van der Waals surface area (Å²) in [6, 6.07) is 7.26. The molecule has 0 radical (unpaired) electrons. The van der Waals surface area contributed by atoms with Gasteiger partial charge in [-0.05, 0) is 18.2 Å². The summed E-state index contributed by atoms with van der Waals surface area (Å²) < 4.78 is 37.8. The second-order valence-electron chi connectivity index (χ2n) is 5.38. The van der Waals surface area contributed by atoms with Crippen molar-refractivity contribution in [1.82, 2.24) is 10.3 Å². The van der Waals surface area contributed by atoms with E-state index in [2.05, 4.69) is 15.6 Å². The molecule has 2 aromatic rings. The molecular weight excluding hydrogens is 371 g/mol. The molecule has 0 unspecified atom stereocenters. The van der Waals surface area contributed by atoms with Gasteiger partial charge in [-0.2, -0.15) is 13.2 Å². The molecule has 0 aliphatic heterocycles. The van der Waals surface area contributed by atoms with Gasteiger partial charge in [0.05, 0.1) is 27.5 Å². The summed E-state index contributed by atoms with van der Waals surface area (Å²) in [6.07, 6.45) is -3.66. The number of nitrogens with one attached hydrogen (secondary N) is 2. The summed E-state index contributed by atoms with van der Waals surface area (Å²) in [5.74, 6) is -0.747. The van der Waals surface area contributed by atoms with Crippen LogP contribution in [0.3, 0.4) is 0 Å². The zero-order chi connectivity index (χ0) is 19.3. The first-order chi connectivity index (χ1) is 12.2. The maximum atomic E-state index is 12.6. The Morgan fingerprint density at radius 2 is 1.92 bits per heavy atom. The highest BCUT2D eigenvalue weighted by atomic mass is 35.5. The van der Waals surface area contributed by atoms with E-state index < -0.39 is 17.6 Å². The number of anilines is 1. The Hall–Kier alpha value is -2.61. The van der Waals surface area contributed by atoms with E-state index in [9.17, 15) is 22.8 Å². The molecule has 0 saturated heterocycles. The Morgan fingerprint density at radius 3 is 2.54 bits per heavy atom. The number of carbonyl (C=O) groups is 2. The van der Waals surface area contributed by atoms with Crippen LogP contribution in [-0.2, 0) is 17.4 Å². The molecular formula is C17H15ClF3N3O2. The molecule has 0 fully saturated rings. The van der Waals surface area contributed by atoms with E-state index in [0.717, 1.165) is 6.07 Å². The number of hydrogen-bond donors (Lipinski definition) is 2. The largest absolute Gasteiger partial charge is 0.417 e. The molecule has 1 aromatic heterocycles. The van der Waals surface area contributed by atoms with Crippen molar-refractivity contribution in [3.8, 4) is 0 Å². The molecule has 9 heteroatoms. The van der Waals surface area contributed by atoms with Gasteiger partial charge in [0.1, 0.15) is 0 Å². The summed E-state index contributed by atoms with van der Waals surface area (Å²) >= 11 is 5.83. The first kappa shape index (κ1) is 19.7. The van der Waals surface area contributed by atoms with Crippen molar-refractivity contribution in [1.29, 1.82) is 0 Å². The fraction of sp³-hybridized carbons (Fsp3) is 0.235. The SMILES string of the molecule is CC(=O)Nc1ccccc1C(=O)NCCc1ncc(C(F)(F)F)cc1Cl. The third kappa shape index (κ3) is 5.19. The number of alkyl halides is 3. The Labute approximate surface area is 152 Å². The van der Waals surface area contributed by atoms with Crippen molar-refractivity contribution in [2.24, 2.45) is 0 Å². The van der Waals surface area contributed by atoms with Gasteiger partial charge in [0.2, 0.25) is 5.91 Å². The molecule has 2 rings (SSSR count). The smallest absolute Gasteiger partial charge is 0.352 e. The molecule has 0 saturated carbocycles. The zero-order valence-electron chi connectivity index (χ0n) is 13.7. The van der Waals surface area contributed by atoms with Gasteiger partial charge in [-0.3, -0.25) is 14.6 Å². The van der Waals surface area contributed by atoms with Crippen molar-refractivity contribution in [2.45, 2.75) is 19.5 Å². The van der Waals surface area contributed by atoms with Gasteiger partial charge in [-0.1, -0.05) is 23.7 Å². The third-order valence-corrected chi connectivity index (χ3v) is 3.70. The van der Waals surface area contributed by atoms with Gasteiger partial charge in [0, 0.05) is 26.1 Å². The predicted molar refractivity (Wildman–Crippen MR) is 91.0 cm³/mol. The Kier molecular flexibility index (Phi) is 6.20. The van der Waals surface area contributed by atoms with E-state index in [1.807, 2.05) is 0 Å². The van der Waals surface area contributed by atoms with Crippen LogP contribution < -0.4 is 10.6 Å². The average Bonchev–Trinajstić information content (AvgIpc) is 2.55. The molecule has 0 atom stereocenters. The number of hydrogen-bond acceptors (Lipinski definition) is 3. The van der Waals surface area contributed by atoms with Crippen LogP contribution in [0.5, 0.6) is 0 Å². The van der Waals surface area contributed by atoms with Crippen molar-refractivity contribution in [3.63, 3.8) is 0 Å². The van der Waals surface area contributed by atoms with Crippen LogP contribution in [0.15, 0.2) is 36.5 Å². The van der Waals surface area contributed by atoms with Crippen molar-refractivity contribution in [3.05, 3.63) is 58.4 Å². The lowest BCUT2D eigenvalue weighted by Crippen LogP contribution is -2.27. The van der Waals surface area contributed by atoms with Crippen LogP contribution in [0.4, 0.5) is 18.9 Å². The molecule has 0 spiro atoms. The first-order valence-electron chi connectivity index (χ1n) is 7.55. The fourth-order valence-electron chi connectivity index (χ4n) is 2.17. The van der Waals surface area contributed by atoms with Gasteiger partial charge < -0.3 is 10.6 Å². The third-order valence-electron chi connectivity index (χ3n) is 3.37. The number of para-hydroxylation sites is 1. The molecule has 0 aliphatic carbocycles. The molecule has 2 amide bonds. The Balaban J connectivity index is 2.00. The standard InChI is InChI=1S/C17H15ClF3N3O2/c1-10(25)24-14-5-3-2-4-12(14)16(26)22-7-6-15-13(18)8-11(9-23-15)17(19,20)21/h2-5,8-9H,6-7H2,1H3,(H,22,26)(H,24,25). The van der Waals surface area contributed by atoms with Gasteiger partial charge >= 0.3 is 6.18 Å². The normalized spacial score (nSPS) is 11.1. The average molecular weight is 386 g/mol. The topological polar surface area (TPSA) is 71.1 Å². The lowest BCUT2D eigenvalue weighted by molar-refractivity contribution is -0.137. The fourth-order valence-corrected chi connectivity index (χ4v) is 2.44. The zero-order valence-corrected chi connectivity index (χ0v) is 14.4. The molecule has 5 nitrogen and oxygen atoms in total. The maximum absolute atomic E-state index is 12.6. The summed E-state index contributed by atoms with van der Waals surface area (Å²) in [7, 11) is 0. The molecule has 138 valence electrons. The minimum absolute atomic E-state index is 0.116. The van der Waals surface area contributed by atoms with E-state index in [1.54, 1.807) is 24.3 Å². The first-order valence-corrected chi connectivity index (χ1v) is 7.92. The van der Waals surface area contributed by atoms with Crippen LogP contribution >= 0.6 is 11.6 Å². The minimum atomic E-state index is -4.52. The van der Waals surface area contributed by atoms with E-state index in [0.29, 0.717) is 11.9 Å². The van der Waals surface area contributed by atoms with E-state index in [1.165, 1.54) is 6.92 Å². The van der Waals surface area contributed by atoms with Crippen LogP contribution in [0.2, 0.25) is 5.02 Å². The van der Waals surface area contributed by atoms with Gasteiger partial charge in [-0.25, -0.2) is 0 Å². The molecule has 1 heterocycles. The summed E-state index contributed by atoms with van der Waals surface area (Å²) in [4.78, 5) is 27.1. The van der Waals surface area contributed by atoms with Crippen molar-refractivity contribution >= 4 is 29.1 Å². The molecule has 0 aliphatic rings. The van der Waals surface area contributed by atoms with Crippen molar-refractivity contribution < 1.29 is 22.8 Å². The van der Waals surface area contributed by atoms with Crippen LogP contribution in [-0.4, -0.2) is 23.3 Å². The second-order valence-corrected chi connectivity index (χ2v) is 5.79. The second kappa shape index (κ2) is 8.18. The lowest BCUT2D eigenvalue weighted by atomic mass is 10.1. The summed E-state index contributed by atoms with van der Waals surface area (Å²) in [5, 5.41) is 5.06. The Morgan fingerprint density at radius 1 is 1.23 bits per heavy atom. The van der Waals surface area contributed by atoms with Crippen LogP contribution in [0, 0.1) is 0 Å². The summed E-state index contributed by atoms with van der Waals surface area (Å²) in [5.41, 5.74) is -0.0491. The van der Waals surface area contributed by atoms with Crippen LogP contribution in [0.25, 0.3) is 0 Å². The molecule has 26 heavy (non-hydrogen) atoms. The predicted octanol–water partition coefficient (Wildman–Crippen LogP) is 3.68. The quantitative estimate of drug-likeness (QED) is 0.824.